The maximum Gasteiger partial charge on any atom is 0.573 e. The van der Waals surface area contributed by atoms with E-state index in [0.717, 1.165) is 17.3 Å². The second-order valence-electron chi connectivity index (χ2n) is 10.3. The smallest absolute Gasteiger partial charge is 0.406 e. The van der Waals surface area contributed by atoms with Crippen molar-refractivity contribution < 1.29 is 40.6 Å². The lowest BCUT2D eigenvalue weighted by atomic mass is 9.71. The number of ether oxygens (including phenoxy) is 1. The minimum atomic E-state index is -4.93. The second-order valence-corrected chi connectivity index (χ2v) is 10.3. The van der Waals surface area contributed by atoms with Gasteiger partial charge in [0, 0.05) is 36.4 Å². The molecule has 1 fully saturated rings. The topological polar surface area (TPSA) is 35.9 Å². The molecule has 0 spiro atoms. The Morgan fingerprint density at radius 3 is 2.40 bits per heavy atom. The van der Waals surface area contributed by atoms with Crippen molar-refractivity contribution in [3.05, 3.63) is 89.5 Å². The molecule has 214 valence electrons. The van der Waals surface area contributed by atoms with Crippen LogP contribution in [0.3, 0.4) is 0 Å². The standard InChI is InChI=1S/C29H27F7N2O2/c30-21-11-12-37(16-21)22-7-3-5-19(13-22)15-27(20-6-4-8-23(14-20)40-29(34,35)36)18-38(17-26(39)28(31,32)33)25-10-2-1-9-24(25)27/h1-10,13-14,21,26,39H,11-12,15-18H2. The van der Waals surface area contributed by atoms with Crippen molar-refractivity contribution in [1.82, 2.24) is 0 Å². The van der Waals surface area contributed by atoms with Crippen LogP contribution >= 0.6 is 0 Å². The number of hydrogen-bond acceptors (Lipinski definition) is 4. The van der Waals surface area contributed by atoms with Crippen LogP contribution in [0.25, 0.3) is 0 Å². The van der Waals surface area contributed by atoms with Gasteiger partial charge in [0.2, 0.25) is 0 Å². The molecule has 0 aromatic heterocycles. The molecule has 0 saturated carbocycles. The molecule has 11 heteroatoms. The Bertz CT molecular complexity index is 1350. The fraction of sp³-hybridized carbons (Fsp3) is 0.379. The average molecular weight is 569 g/mol. The number of alkyl halides is 7. The third-order valence-electron chi connectivity index (χ3n) is 7.52. The Morgan fingerprint density at radius 2 is 1.70 bits per heavy atom. The summed E-state index contributed by atoms with van der Waals surface area (Å²) in [5, 5.41) is 9.91. The van der Waals surface area contributed by atoms with Gasteiger partial charge in [-0.05, 0) is 59.9 Å². The van der Waals surface area contributed by atoms with E-state index in [4.69, 9.17) is 0 Å². The van der Waals surface area contributed by atoms with Gasteiger partial charge in [0.05, 0.1) is 6.54 Å². The number of fused-ring (bicyclic) bond motifs is 1. The Labute approximate surface area is 226 Å². The van der Waals surface area contributed by atoms with Gasteiger partial charge in [-0.3, -0.25) is 0 Å². The molecule has 3 aromatic rings. The summed E-state index contributed by atoms with van der Waals surface area (Å²) in [6.45, 7) is 0.0120. The summed E-state index contributed by atoms with van der Waals surface area (Å²) in [6.07, 6.45) is -12.7. The van der Waals surface area contributed by atoms with E-state index in [1.807, 2.05) is 23.1 Å². The highest BCUT2D eigenvalue weighted by atomic mass is 19.4. The van der Waals surface area contributed by atoms with Gasteiger partial charge in [0.25, 0.3) is 0 Å². The van der Waals surface area contributed by atoms with Gasteiger partial charge in [-0.15, -0.1) is 13.2 Å². The molecular weight excluding hydrogens is 541 g/mol. The van der Waals surface area contributed by atoms with Crippen LogP contribution in [0.15, 0.2) is 72.8 Å². The van der Waals surface area contributed by atoms with Crippen LogP contribution in [-0.4, -0.2) is 56.1 Å². The normalized spacial score (nSPS) is 21.9. The molecular formula is C29H27F7N2O2. The number of rotatable bonds is 7. The first kappa shape index (κ1) is 28.1. The van der Waals surface area contributed by atoms with Gasteiger partial charge in [0.15, 0.2) is 6.10 Å². The summed E-state index contributed by atoms with van der Waals surface area (Å²) in [7, 11) is 0. The first-order valence-corrected chi connectivity index (χ1v) is 12.8. The Hall–Kier alpha value is -3.47. The number of aliphatic hydroxyl groups excluding tert-OH is 1. The van der Waals surface area contributed by atoms with Crippen molar-refractivity contribution in [2.24, 2.45) is 0 Å². The molecule has 3 aromatic carbocycles. The first-order chi connectivity index (χ1) is 18.8. The van der Waals surface area contributed by atoms with Crippen molar-refractivity contribution in [3.63, 3.8) is 0 Å². The third kappa shape index (κ3) is 5.84. The minimum absolute atomic E-state index is 0.0323. The third-order valence-corrected chi connectivity index (χ3v) is 7.52. The average Bonchev–Trinajstić information content (AvgIpc) is 3.45. The van der Waals surface area contributed by atoms with Crippen LogP contribution in [0.1, 0.15) is 23.1 Å². The van der Waals surface area contributed by atoms with E-state index in [9.17, 15) is 35.8 Å². The molecule has 3 atom stereocenters. The van der Waals surface area contributed by atoms with E-state index >= 15 is 0 Å². The predicted octanol–water partition coefficient (Wildman–Crippen LogP) is 6.41. The fourth-order valence-corrected chi connectivity index (χ4v) is 5.78. The van der Waals surface area contributed by atoms with E-state index in [0.29, 0.717) is 29.8 Å². The molecule has 0 bridgehead atoms. The summed E-state index contributed by atoms with van der Waals surface area (Å²) < 4.78 is 97.3. The highest BCUT2D eigenvalue weighted by Gasteiger charge is 2.47. The number of halogens is 7. The Kier molecular flexibility index (Phi) is 7.37. The van der Waals surface area contributed by atoms with Crippen LogP contribution in [0.4, 0.5) is 42.1 Å². The number of β-amino-alcohol motifs (C(OH)–C–C–N with tert-alkyl or cyclic N) is 1. The molecule has 2 aliphatic rings. The number of hydrogen-bond donors (Lipinski definition) is 1. The molecule has 1 N–H and O–H groups in total. The van der Waals surface area contributed by atoms with Crippen LogP contribution < -0.4 is 14.5 Å². The van der Waals surface area contributed by atoms with Gasteiger partial charge in [-0.25, -0.2) is 4.39 Å². The summed E-state index contributed by atoms with van der Waals surface area (Å²) >= 11 is 0. The zero-order chi connectivity index (χ0) is 28.7. The van der Waals surface area contributed by atoms with Gasteiger partial charge in [-0.2, -0.15) is 13.2 Å². The van der Waals surface area contributed by atoms with E-state index in [2.05, 4.69) is 4.74 Å². The lowest BCUT2D eigenvalue weighted by Gasteiger charge is -2.33. The Balaban J connectivity index is 1.59. The first-order valence-electron chi connectivity index (χ1n) is 12.8. The van der Waals surface area contributed by atoms with Gasteiger partial charge in [-0.1, -0.05) is 42.5 Å². The predicted molar refractivity (Wildman–Crippen MR) is 136 cm³/mol. The molecule has 40 heavy (non-hydrogen) atoms. The van der Waals surface area contributed by atoms with Crippen LogP contribution in [0.2, 0.25) is 0 Å². The fourth-order valence-electron chi connectivity index (χ4n) is 5.78. The molecule has 2 heterocycles. The van der Waals surface area contributed by atoms with Crippen LogP contribution in [0.5, 0.6) is 5.75 Å². The van der Waals surface area contributed by atoms with E-state index < -0.39 is 42.5 Å². The largest absolute Gasteiger partial charge is 0.573 e. The highest BCUT2D eigenvalue weighted by Crippen LogP contribution is 2.48. The van der Waals surface area contributed by atoms with Crippen molar-refractivity contribution in [2.75, 3.05) is 36.0 Å². The van der Waals surface area contributed by atoms with Crippen LogP contribution in [-0.2, 0) is 11.8 Å². The SMILES string of the molecule is OC(CN1CC(Cc2cccc(N3CCC(F)C3)c2)(c2cccc(OC(F)(F)F)c2)c2ccccc21)C(F)(F)F. The lowest BCUT2D eigenvalue weighted by Crippen LogP contribution is -2.44. The van der Waals surface area contributed by atoms with Crippen molar-refractivity contribution >= 4 is 11.4 Å². The molecule has 4 nitrogen and oxygen atoms in total. The molecule has 1 saturated heterocycles. The summed E-state index contributed by atoms with van der Waals surface area (Å²) in [4.78, 5) is 3.33. The van der Waals surface area contributed by atoms with Crippen molar-refractivity contribution in [2.45, 2.75) is 43.1 Å². The quantitative estimate of drug-likeness (QED) is 0.335. The highest BCUT2D eigenvalue weighted by molar-refractivity contribution is 5.67. The number of nitrogens with zero attached hydrogens (tertiary/aromatic N) is 2. The van der Waals surface area contributed by atoms with Crippen molar-refractivity contribution in [1.29, 1.82) is 0 Å². The summed E-state index contributed by atoms with van der Waals surface area (Å²) in [6, 6.07) is 19.6. The van der Waals surface area contributed by atoms with E-state index in [-0.39, 0.29) is 19.5 Å². The molecule has 0 radical (unpaired) electrons. The van der Waals surface area contributed by atoms with E-state index in [1.54, 1.807) is 36.4 Å². The molecule has 3 unspecified atom stereocenters. The number of aliphatic hydroxyl groups is 1. The molecule has 0 amide bonds. The number of benzene rings is 3. The Morgan fingerprint density at radius 1 is 0.950 bits per heavy atom. The zero-order valence-electron chi connectivity index (χ0n) is 21.2. The van der Waals surface area contributed by atoms with E-state index in [1.165, 1.54) is 17.0 Å². The van der Waals surface area contributed by atoms with Crippen molar-refractivity contribution in [3.8, 4) is 5.75 Å². The van der Waals surface area contributed by atoms with Crippen LogP contribution in [0, 0.1) is 0 Å². The van der Waals surface area contributed by atoms with Gasteiger partial charge < -0.3 is 19.6 Å². The monoisotopic (exact) mass is 568 g/mol. The second kappa shape index (κ2) is 10.5. The summed E-state index contributed by atoms with van der Waals surface area (Å²) in [5.74, 6) is -0.449. The molecule has 5 rings (SSSR count). The summed E-state index contributed by atoms with van der Waals surface area (Å²) in [5.41, 5.74) is 1.96. The lowest BCUT2D eigenvalue weighted by molar-refractivity contribution is -0.274. The molecule has 0 aliphatic carbocycles. The maximum atomic E-state index is 13.9. The zero-order valence-corrected chi connectivity index (χ0v) is 21.2. The molecule has 2 aliphatic heterocycles. The minimum Gasteiger partial charge on any atom is -0.406 e. The van der Waals surface area contributed by atoms with Gasteiger partial charge >= 0.3 is 12.5 Å². The van der Waals surface area contributed by atoms with Gasteiger partial charge in [0.1, 0.15) is 11.9 Å². The number of para-hydroxylation sites is 1. The number of anilines is 2. The maximum absolute atomic E-state index is 13.9.